The lowest BCUT2D eigenvalue weighted by molar-refractivity contribution is 0.281. The van der Waals surface area contributed by atoms with Crippen molar-refractivity contribution in [1.29, 1.82) is 0 Å². The second-order valence-electron chi connectivity index (χ2n) is 7.48. The lowest BCUT2D eigenvalue weighted by Gasteiger charge is -2.19. The van der Waals surface area contributed by atoms with Gasteiger partial charge < -0.3 is 9.47 Å². The molecule has 0 fully saturated rings. The van der Waals surface area contributed by atoms with Crippen LogP contribution >= 0.6 is 0 Å². The molecule has 0 amide bonds. The Labute approximate surface area is 168 Å². The average Bonchev–Trinajstić information content (AvgIpc) is 2.70. The van der Waals surface area contributed by atoms with E-state index in [-0.39, 0.29) is 0 Å². The molecule has 3 nitrogen and oxygen atoms in total. The number of hydrogen-bond donors (Lipinski definition) is 0. The first-order valence-corrected chi connectivity index (χ1v) is 11.3. The SMILES string of the molecule is CCCCCCCCCCCCOc1ccc(CN(CC)CC)cc1OC. The highest BCUT2D eigenvalue weighted by Gasteiger charge is 2.08. The summed E-state index contributed by atoms with van der Waals surface area (Å²) in [5.74, 6) is 1.73. The molecule has 0 aliphatic heterocycles. The molecular weight excluding hydrogens is 334 g/mol. The van der Waals surface area contributed by atoms with E-state index in [0.29, 0.717) is 0 Å². The van der Waals surface area contributed by atoms with Gasteiger partial charge in [0.1, 0.15) is 0 Å². The van der Waals surface area contributed by atoms with Crippen LogP contribution in [0, 0.1) is 0 Å². The van der Waals surface area contributed by atoms with Crippen LogP contribution < -0.4 is 9.47 Å². The number of hydrogen-bond acceptors (Lipinski definition) is 3. The van der Waals surface area contributed by atoms with Gasteiger partial charge in [-0.05, 0) is 37.2 Å². The summed E-state index contributed by atoms with van der Waals surface area (Å²) in [6.45, 7) is 10.5. The van der Waals surface area contributed by atoms with Gasteiger partial charge in [-0.15, -0.1) is 0 Å². The summed E-state index contributed by atoms with van der Waals surface area (Å²) in [7, 11) is 1.73. The highest BCUT2D eigenvalue weighted by molar-refractivity contribution is 5.42. The predicted molar refractivity (Wildman–Crippen MR) is 117 cm³/mol. The smallest absolute Gasteiger partial charge is 0.161 e. The zero-order chi connectivity index (χ0) is 19.7. The lowest BCUT2D eigenvalue weighted by Crippen LogP contribution is -2.22. The summed E-state index contributed by atoms with van der Waals surface area (Å²) in [5.41, 5.74) is 1.28. The fourth-order valence-electron chi connectivity index (χ4n) is 3.41. The van der Waals surface area contributed by atoms with Gasteiger partial charge in [0.05, 0.1) is 13.7 Å². The zero-order valence-electron chi connectivity index (χ0n) is 18.4. The van der Waals surface area contributed by atoms with Crippen LogP contribution in [0.2, 0.25) is 0 Å². The molecule has 1 rings (SSSR count). The Morgan fingerprint density at radius 1 is 0.741 bits per heavy atom. The average molecular weight is 378 g/mol. The molecular formula is C24H43NO2. The standard InChI is InChI=1S/C24H43NO2/c1-5-8-9-10-11-12-13-14-15-16-19-27-23-18-17-22(20-24(23)26-4)21-25(6-2)7-3/h17-18,20H,5-16,19,21H2,1-4H3. The van der Waals surface area contributed by atoms with Gasteiger partial charge in [-0.3, -0.25) is 4.90 Å². The van der Waals surface area contributed by atoms with E-state index >= 15 is 0 Å². The fraction of sp³-hybridized carbons (Fsp3) is 0.750. The van der Waals surface area contributed by atoms with Gasteiger partial charge in [-0.2, -0.15) is 0 Å². The molecule has 0 aliphatic rings. The molecule has 0 atom stereocenters. The van der Waals surface area contributed by atoms with Gasteiger partial charge >= 0.3 is 0 Å². The second-order valence-corrected chi connectivity index (χ2v) is 7.48. The number of ether oxygens (including phenoxy) is 2. The van der Waals surface area contributed by atoms with Crippen molar-refractivity contribution in [1.82, 2.24) is 4.90 Å². The molecule has 3 heteroatoms. The fourth-order valence-corrected chi connectivity index (χ4v) is 3.41. The summed E-state index contributed by atoms with van der Waals surface area (Å²) in [6, 6.07) is 6.34. The third-order valence-corrected chi connectivity index (χ3v) is 5.28. The van der Waals surface area contributed by atoms with Gasteiger partial charge in [0.15, 0.2) is 11.5 Å². The van der Waals surface area contributed by atoms with E-state index < -0.39 is 0 Å². The van der Waals surface area contributed by atoms with E-state index in [1.807, 2.05) is 0 Å². The summed E-state index contributed by atoms with van der Waals surface area (Å²) in [4.78, 5) is 2.40. The van der Waals surface area contributed by atoms with Crippen molar-refractivity contribution in [3.8, 4) is 11.5 Å². The third kappa shape index (κ3) is 10.6. The van der Waals surface area contributed by atoms with Crippen molar-refractivity contribution in [2.45, 2.75) is 91.5 Å². The molecule has 0 bridgehead atoms. The van der Waals surface area contributed by atoms with Crippen LogP contribution in [0.25, 0.3) is 0 Å². The van der Waals surface area contributed by atoms with E-state index in [1.165, 1.54) is 63.4 Å². The highest BCUT2D eigenvalue weighted by Crippen LogP contribution is 2.29. The molecule has 0 saturated heterocycles. The summed E-state index contributed by atoms with van der Waals surface area (Å²) in [6.07, 6.45) is 13.5. The predicted octanol–water partition coefficient (Wildman–Crippen LogP) is 6.84. The summed E-state index contributed by atoms with van der Waals surface area (Å²) in [5, 5.41) is 0. The normalized spacial score (nSPS) is 11.1. The van der Waals surface area contributed by atoms with Gasteiger partial charge in [0.2, 0.25) is 0 Å². The van der Waals surface area contributed by atoms with Gasteiger partial charge in [0, 0.05) is 6.54 Å². The van der Waals surface area contributed by atoms with E-state index in [1.54, 1.807) is 7.11 Å². The zero-order valence-corrected chi connectivity index (χ0v) is 18.4. The molecule has 0 N–H and O–H groups in total. The van der Waals surface area contributed by atoms with Gasteiger partial charge in [-0.1, -0.05) is 84.6 Å². The van der Waals surface area contributed by atoms with Crippen molar-refractivity contribution < 1.29 is 9.47 Å². The molecule has 0 unspecified atom stereocenters. The molecule has 1 aromatic carbocycles. The van der Waals surface area contributed by atoms with E-state index in [9.17, 15) is 0 Å². The van der Waals surface area contributed by atoms with E-state index in [2.05, 4.69) is 43.9 Å². The highest BCUT2D eigenvalue weighted by atomic mass is 16.5. The molecule has 0 saturated carbocycles. The molecule has 0 radical (unpaired) electrons. The Hall–Kier alpha value is -1.22. The molecule has 0 aliphatic carbocycles. The first kappa shape index (κ1) is 23.8. The number of unbranched alkanes of at least 4 members (excludes halogenated alkanes) is 9. The van der Waals surface area contributed by atoms with Crippen molar-refractivity contribution in [2.75, 3.05) is 26.8 Å². The van der Waals surface area contributed by atoms with Crippen molar-refractivity contribution in [3.63, 3.8) is 0 Å². The largest absolute Gasteiger partial charge is 0.493 e. The maximum atomic E-state index is 5.97. The molecule has 0 spiro atoms. The Bertz CT molecular complexity index is 471. The second kappa shape index (κ2) is 15.8. The van der Waals surface area contributed by atoms with Crippen LogP contribution in [0.4, 0.5) is 0 Å². The quantitative estimate of drug-likeness (QED) is 0.277. The Kier molecular flexibility index (Phi) is 13.9. The Balaban J connectivity index is 2.20. The molecule has 0 heterocycles. The van der Waals surface area contributed by atoms with E-state index in [4.69, 9.17) is 9.47 Å². The minimum Gasteiger partial charge on any atom is -0.493 e. The molecule has 27 heavy (non-hydrogen) atoms. The number of methoxy groups -OCH3 is 1. The summed E-state index contributed by atoms with van der Waals surface area (Å²) < 4.78 is 11.5. The number of nitrogens with zero attached hydrogens (tertiary/aromatic N) is 1. The van der Waals surface area contributed by atoms with Gasteiger partial charge in [-0.25, -0.2) is 0 Å². The van der Waals surface area contributed by atoms with Crippen LogP contribution in [0.5, 0.6) is 11.5 Å². The van der Waals surface area contributed by atoms with Crippen molar-refractivity contribution in [2.24, 2.45) is 0 Å². The van der Waals surface area contributed by atoms with Gasteiger partial charge in [0.25, 0.3) is 0 Å². The number of rotatable bonds is 17. The van der Waals surface area contributed by atoms with Crippen LogP contribution in [-0.2, 0) is 6.54 Å². The first-order chi connectivity index (χ1) is 13.2. The number of benzene rings is 1. The minimum atomic E-state index is 0.780. The maximum Gasteiger partial charge on any atom is 0.161 e. The summed E-state index contributed by atoms with van der Waals surface area (Å²) >= 11 is 0. The topological polar surface area (TPSA) is 21.7 Å². The van der Waals surface area contributed by atoms with Crippen LogP contribution in [-0.4, -0.2) is 31.7 Å². The van der Waals surface area contributed by atoms with Crippen molar-refractivity contribution >= 4 is 0 Å². The molecule has 156 valence electrons. The Morgan fingerprint density at radius 2 is 1.33 bits per heavy atom. The molecule has 0 aromatic heterocycles. The first-order valence-electron chi connectivity index (χ1n) is 11.3. The minimum absolute atomic E-state index is 0.780. The lowest BCUT2D eigenvalue weighted by atomic mass is 10.1. The van der Waals surface area contributed by atoms with Crippen LogP contribution in [0.3, 0.4) is 0 Å². The molecule has 1 aromatic rings. The van der Waals surface area contributed by atoms with Crippen molar-refractivity contribution in [3.05, 3.63) is 23.8 Å². The monoisotopic (exact) mass is 377 g/mol. The third-order valence-electron chi connectivity index (χ3n) is 5.28. The Morgan fingerprint density at radius 3 is 1.89 bits per heavy atom. The van der Waals surface area contributed by atoms with Crippen LogP contribution in [0.1, 0.15) is 90.5 Å². The van der Waals surface area contributed by atoms with E-state index in [0.717, 1.165) is 44.2 Å². The maximum absolute atomic E-state index is 5.97. The van der Waals surface area contributed by atoms with Crippen LogP contribution in [0.15, 0.2) is 18.2 Å².